The van der Waals surface area contributed by atoms with Gasteiger partial charge in [-0.25, -0.2) is 0 Å². The van der Waals surface area contributed by atoms with E-state index in [4.69, 9.17) is 0 Å². The molecule has 1 N–H and O–H groups in total. The quantitative estimate of drug-likeness (QED) is 0.646. The molecule has 1 aromatic carbocycles. The summed E-state index contributed by atoms with van der Waals surface area (Å²) in [7, 11) is 0. The summed E-state index contributed by atoms with van der Waals surface area (Å²) in [6.45, 7) is 9.83. The Labute approximate surface area is 182 Å². The Bertz CT molecular complexity index is 876. The highest BCUT2D eigenvalue weighted by Crippen LogP contribution is 2.18. The molecule has 1 fully saturated rings. The lowest BCUT2D eigenvalue weighted by Crippen LogP contribution is -2.50. The molecule has 0 aliphatic carbocycles. The minimum Gasteiger partial charge on any atom is -0.339 e. The fourth-order valence-corrected chi connectivity index (χ4v) is 4.50. The van der Waals surface area contributed by atoms with E-state index in [0.29, 0.717) is 38.5 Å². The summed E-state index contributed by atoms with van der Waals surface area (Å²) in [4.78, 5) is 29.0. The first-order valence-corrected chi connectivity index (χ1v) is 11.4. The van der Waals surface area contributed by atoms with Gasteiger partial charge in [0.15, 0.2) is 5.16 Å². The molecule has 1 saturated heterocycles. The second-order valence-corrected chi connectivity index (χ2v) is 8.22. The summed E-state index contributed by atoms with van der Waals surface area (Å²) in [5.41, 5.74) is 2.01. The highest BCUT2D eigenvalue weighted by molar-refractivity contribution is 7.99. The van der Waals surface area contributed by atoms with Crippen LogP contribution < -0.4 is 5.32 Å². The van der Waals surface area contributed by atoms with Crippen molar-refractivity contribution >= 4 is 29.3 Å². The largest absolute Gasteiger partial charge is 0.339 e. The molecule has 1 aromatic heterocycles. The Morgan fingerprint density at radius 2 is 1.83 bits per heavy atom. The zero-order chi connectivity index (χ0) is 21.5. The minimum atomic E-state index is -0.0134. The maximum absolute atomic E-state index is 12.6. The maximum atomic E-state index is 12.6. The number of hydrogen-bond acceptors (Lipinski definition) is 6. The van der Waals surface area contributed by atoms with Crippen LogP contribution in [0.4, 0.5) is 5.69 Å². The van der Waals surface area contributed by atoms with Gasteiger partial charge in [-0.3, -0.25) is 14.5 Å². The van der Waals surface area contributed by atoms with Crippen LogP contribution in [0.5, 0.6) is 0 Å². The summed E-state index contributed by atoms with van der Waals surface area (Å²) < 4.78 is 2.01. The molecule has 0 atom stereocenters. The Morgan fingerprint density at radius 3 is 2.53 bits per heavy atom. The average Bonchev–Trinajstić information content (AvgIpc) is 3.12. The number of thioether (sulfide) groups is 1. The van der Waals surface area contributed by atoms with Crippen molar-refractivity contribution in [2.75, 3.05) is 43.8 Å². The number of carbonyl (C=O) groups is 2. The number of nitrogens with zero attached hydrogens (tertiary/aromatic N) is 5. The van der Waals surface area contributed by atoms with Crippen molar-refractivity contribution in [3.63, 3.8) is 0 Å². The standard InChI is InChI=1S/C21H30N6O2S/c1-4-17-8-6-7-9-18(17)22-19(28)14-25-10-12-26(13-11-25)20(29)15-30-21-24-23-16(3)27(21)5-2/h6-9H,4-5,10-15H2,1-3H3,(H,22,28). The fraction of sp³-hybridized carbons (Fsp3) is 0.524. The molecular weight excluding hydrogens is 400 g/mol. The molecule has 30 heavy (non-hydrogen) atoms. The first-order chi connectivity index (χ1) is 14.5. The van der Waals surface area contributed by atoms with Crippen molar-refractivity contribution in [2.24, 2.45) is 0 Å². The lowest BCUT2D eigenvalue weighted by Gasteiger charge is -2.34. The van der Waals surface area contributed by atoms with E-state index < -0.39 is 0 Å². The molecule has 162 valence electrons. The van der Waals surface area contributed by atoms with E-state index in [-0.39, 0.29) is 11.8 Å². The number of para-hydroxylation sites is 1. The summed E-state index contributed by atoms with van der Waals surface area (Å²) in [5, 5.41) is 12.0. The van der Waals surface area contributed by atoms with Gasteiger partial charge >= 0.3 is 0 Å². The molecule has 1 aliphatic heterocycles. The number of amides is 2. The van der Waals surface area contributed by atoms with E-state index in [1.807, 2.05) is 47.6 Å². The van der Waals surface area contributed by atoms with Gasteiger partial charge in [-0.05, 0) is 31.9 Å². The monoisotopic (exact) mass is 430 g/mol. The van der Waals surface area contributed by atoms with Gasteiger partial charge < -0.3 is 14.8 Å². The Hall–Kier alpha value is -2.39. The third kappa shape index (κ3) is 5.60. The molecule has 2 aromatic rings. The molecule has 2 heterocycles. The van der Waals surface area contributed by atoms with Gasteiger partial charge in [-0.2, -0.15) is 0 Å². The Morgan fingerprint density at radius 1 is 1.10 bits per heavy atom. The smallest absolute Gasteiger partial charge is 0.238 e. The van der Waals surface area contributed by atoms with Crippen molar-refractivity contribution in [3.8, 4) is 0 Å². The first-order valence-electron chi connectivity index (χ1n) is 10.4. The summed E-state index contributed by atoms with van der Waals surface area (Å²) in [5.74, 6) is 1.30. The normalized spacial score (nSPS) is 14.7. The van der Waals surface area contributed by atoms with E-state index in [9.17, 15) is 9.59 Å². The van der Waals surface area contributed by atoms with Crippen LogP contribution in [0, 0.1) is 6.92 Å². The Kier molecular flexibility index (Phi) is 7.87. The van der Waals surface area contributed by atoms with Crippen molar-refractivity contribution in [3.05, 3.63) is 35.7 Å². The molecule has 0 bridgehead atoms. The number of aryl methyl sites for hydroxylation is 2. The SMILES string of the molecule is CCc1ccccc1NC(=O)CN1CCN(C(=O)CSc2nnc(C)n2CC)CC1. The third-order valence-electron chi connectivity index (χ3n) is 5.31. The first kappa shape index (κ1) is 22.3. The average molecular weight is 431 g/mol. The van der Waals surface area contributed by atoms with Crippen LogP contribution in [0.15, 0.2) is 29.4 Å². The molecule has 8 nitrogen and oxygen atoms in total. The van der Waals surface area contributed by atoms with E-state index in [0.717, 1.165) is 35.2 Å². The van der Waals surface area contributed by atoms with E-state index in [1.165, 1.54) is 11.8 Å². The number of anilines is 1. The summed E-state index contributed by atoms with van der Waals surface area (Å²) in [6, 6.07) is 7.88. The molecule has 3 rings (SSSR count). The minimum absolute atomic E-state index is 0.0134. The van der Waals surface area contributed by atoms with Crippen LogP contribution in [0.2, 0.25) is 0 Å². The number of aromatic nitrogens is 3. The van der Waals surface area contributed by atoms with E-state index in [1.54, 1.807) is 0 Å². The predicted octanol–water partition coefficient (Wildman–Crippen LogP) is 2.04. The Balaban J connectivity index is 1.42. The highest BCUT2D eigenvalue weighted by atomic mass is 32.2. The number of carbonyl (C=O) groups excluding carboxylic acids is 2. The van der Waals surface area contributed by atoms with Crippen molar-refractivity contribution in [1.29, 1.82) is 0 Å². The molecule has 1 aliphatic rings. The zero-order valence-electron chi connectivity index (χ0n) is 17.9. The number of rotatable bonds is 8. The molecule has 2 amide bonds. The lowest BCUT2D eigenvalue weighted by atomic mass is 10.1. The van der Waals surface area contributed by atoms with Crippen LogP contribution in [0.3, 0.4) is 0 Å². The van der Waals surface area contributed by atoms with Crippen LogP contribution in [-0.4, -0.2) is 74.9 Å². The molecule has 0 unspecified atom stereocenters. The van der Waals surface area contributed by atoms with Gasteiger partial charge in [0.2, 0.25) is 11.8 Å². The second-order valence-electron chi connectivity index (χ2n) is 7.28. The predicted molar refractivity (Wildman–Crippen MR) is 119 cm³/mol. The molecular formula is C21H30N6O2S. The van der Waals surface area contributed by atoms with Gasteiger partial charge in [-0.1, -0.05) is 36.9 Å². The third-order valence-corrected chi connectivity index (χ3v) is 6.26. The van der Waals surface area contributed by atoms with Crippen LogP contribution >= 0.6 is 11.8 Å². The van der Waals surface area contributed by atoms with Crippen molar-refractivity contribution < 1.29 is 9.59 Å². The van der Waals surface area contributed by atoms with Gasteiger partial charge in [-0.15, -0.1) is 10.2 Å². The second kappa shape index (κ2) is 10.6. The van der Waals surface area contributed by atoms with Crippen molar-refractivity contribution in [1.82, 2.24) is 24.6 Å². The van der Waals surface area contributed by atoms with Crippen LogP contribution in [0.1, 0.15) is 25.2 Å². The zero-order valence-corrected chi connectivity index (χ0v) is 18.7. The number of nitrogens with one attached hydrogen (secondary N) is 1. The van der Waals surface area contributed by atoms with Crippen LogP contribution in [0.25, 0.3) is 0 Å². The maximum Gasteiger partial charge on any atom is 0.238 e. The topological polar surface area (TPSA) is 83.4 Å². The van der Waals surface area contributed by atoms with E-state index >= 15 is 0 Å². The number of hydrogen-bond donors (Lipinski definition) is 1. The van der Waals surface area contributed by atoms with E-state index in [2.05, 4.69) is 27.3 Å². The van der Waals surface area contributed by atoms with Crippen molar-refractivity contribution in [2.45, 2.75) is 38.9 Å². The van der Waals surface area contributed by atoms with Gasteiger partial charge in [0, 0.05) is 38.4 Å². The summed E-state index contributed by atoms with van der Waals surface area (Å²) in [6.07, 6.45) is 0.878. The van der Waals surface area contributed by atoms with Gasteiger partial charge in [0.05, 0.1) is 12.3 Å². The lowest BCUT2D eigenvalue weighted by molar-refractivity contribution is -0.130. The molecule has 9 heteroatoms. The molecule has 0 saturated carbocycles. The molecule has 0 spiro atoms. The van der Waals surface area contributed by atoms with Gasteiger partial charge in [0.1, 0.15) is 5.82 Å². The molecule has 0 radical (unpaired) electrons. The number of piperazine rings is 1. The van der Waals surface area contributed by atoms with Crippen LogP contribution in [-0.2, 0) is 22.6 Å². The number of benzene rings is 1. The fourth-order valence-electron chi connectivity index (χ4n) is 3.55. The summed E-state index contributed by atoms with van der Waals surface area (Å²) >= 11 is 1.43. The highest BCUT2D eigenvalue weighted by Gasteiger charge is 2.23. The van der Waals surface area contributed by atoms with Gasteiger partial charge in [0.25, 0.3) is 0 Å².